The number of fused-ring (bicyclic) bond motifs is 1. The van der Waals surface area contributed by atoms with Crippen LogP contribution in [0, 0.1) is 29.4 Å². The molecule has 3 rings (SSSR count). The van der Waals surface area contributed by atoms with E-state index in [1.807, 2.05) is 25.1 Å². The van der Waals surface area contributed by atoms with E-state index < -0.39 is 10.8 Å². The van der Waals surface area contributed by atoms with Gasteiger partial charge < -0.3 is 4.57 Å². The van der Waals surface area contributed by atoms with Gasteiger partial charge in [-0.05, 0) is 24.6 Å². The van der Waals surface area contributed by atoms with Gasteiger partial charge in [0.25, 0.3) is 11.6 Å². The summed E-state index contributed by atoms with van der Waals surface area (Å²) in [6.45, 7) is 2.21. The molecule has 7 heteroatoms. The third-order valence-electron chi connectivity index (χ3n) is 3.68. The number of amides is 1. The second-order valence-electron chi connectivity index (χ2n) is 5.29. The number of hydrogen-bond acceptors (Lipinski definition) is 4. The molecule has 0 aliphatic rings. The van der Waals surface area contributed by atoms with Gasteiger partial charge in [-0.25, -0.2) is 0 Å². The predicted molar refractivity (Wildman–Crippen MR) is 96.4 cm³/mol. The van der Waals surface area contributed by atoms with Crippen LogP contribution in [-0.2, 0) is 6.54 Å². The minimum Gasteiger partial charge on any atom is -0.304 e. The summed E-state index contributed by atoms with van der Waals surface area (Å²) in [5.41, 5.74) is 1.62. The lowest BCUT2D eigenvalue weighted by molar-refractivity contribution is -0.385. The topological polar surface area (TPSA) is 77.5 Å². The lowest BCUT2D eigenvalue weighted by Crippen LogP contribution is -2.17. The Morgan fingerprint density at radius 1 is 1.32 bits per heavy atom. The lowest BCUT2D eigenvalue weighted by Gasteiger charge is -2.02. The molecule has 0 radical (unpaired) electrons. The molecule has 0 N–H and O–H groups in total. The summed E-state index contributed by atoms with van der Waals surface area (Å²) < 4.78 is 2.73. The number of nitro benzene ring substituents is 1. The van der Waals surface area contributed by atoms with Crippen LogP contribution in [0.2, 0.25) is 0 Å². The zero-order chi connectivity index (χ0) is 18.0. The van der Waals surface area contributed by atoms with Crippen LogP contribution in [0.25, 0.3) is 10.2 Å². The van der Waals surface area contributed by atoms with E-state index in [1.165, 1.54) is 29.5 Å². The maximum Gasteiger partial charge on any atom is 0.286 e. The first kappa shape index (κ1) is 16.6. The predicted octanol–water partition coefficient (Wildman–Crippen LogP) is 3.29. The Labute approximate surface area is 147 Å². The smallest absolute Gasteiger partial charge is 0.286 e. The highest BCUT2D eigenvalue weighted by molar-refractivity contribution is 7.16. The fourth-order valence-corrected chi connectivity index (χ4v) is 3.70. The number of nitro groups is 1. The molecule has 0 saturated heterocycles. The molecule has 0 atom stereocenters. The van der Waals surface area contributed by atoms with Gasteiger partial charge >= 0.3 is 0 Å². The van der Waals surface area contributed by atoms with Crippen molar-refractivity contribution in [2.75, 3.05) is 0 Å². The van der Waals surface area contributed by atoms with E-state index >= 15 is 0 Å². The number of aromatic nitrogens is 1. The fraction of sp³-hybridized carbons (Fsp3) is 0.111. The van der Waals surface area contributed by atoms with Gasteiger partial charge in [-0.1, -0.05) is 41.5 Å². The second-order valence-corrected chi connectivity index (χ2v) is 6.30. The van der Waals surface area contributed by atoms with Gasteiger partial charge in [-0.2, -0.15) is 4.99 Å². The van der Waals surface area contributed by atoms with Crippen molar-refractivity contribution in [3.63, 3.8) is 0 Å². The zero-order valence-corrected chi connectivity index (χ0v) is 14.1. The van der Waals surface area contributed by atoms with Gasteiger partial charge in [0.15, 0.2) is 4.80 Å². The van der Waals surface area contributed by atoms with E-state index in [4.69, 9.17) is 6.42 Å². The number of hydrogen-bond donors (Lipinski definition) is 0. The minimum atomic E-state index is -0.665. The van der Waals surface area contributed by atoms with Crippen LogP contribution in [-0.4, -0.2) is 15.4 Å². The fourth-order valence-electron chi connectivity index (χ4n) is 2.59. The molecule has 3 aromatic rings. The summed E-state index contributed by atoms with van der Waals surface area (Å²) in [7, 11) is 0. The van der Waals surface area contributed by atoms with Gasteiger partial charge in [-0.3, -0.25) is 14.9 Å². The molecule has 1 aromatic heterocycles. The number of aryl methyl sites for hydroxylation is 1. The van der Waals surface area contributed by atoms with Crippen molar-refractivity contribution in [2.45, 2.75) is 13.5 Å². The molecule has 1 heterocycles. The van der Waals surface area contributed by atoms with Crippen LogP contribution in [0.3, 0.4) is 0 Å². The SMILES string of the molecule is C#CCn1c(=NC(=O)c2ccccc2[N+](=O)[O-])sc2cccc(C)c21. The Bertz CT molecular complexity index is 1100. The molecule has 0 saturated carbocycles. The molecular formula is C18H13N3O3S. The number of carbonyl (C=O) groups is 1. The van der Waals surface area contributed by atoms with Crippen molar-refractivity contribution in [3.05, 3.63) is 68.5 Å². The number of para-hydroxylation sites is 2. The summed E-state index contributed by atoms with van der Waals surface area (Å²) in [5.74, 6) is 1.90. The number of thiazole rings is 1. The van der Waals surface area contributed by atoms with Crippen molar-refractivity contribution in [1.29, 1.82) is 0 Å². The van der Waals surface area contributed by atoms with Crippen molar-refractivity contribution < 1.29 is 9.72 Å². The Balaban J connectivity index is 2.21. The van der Waals surface area contributed by atoms with Crippen molar-refractivity contribution in [2.24, 2.45) is 4.99 Å². The summed E-state index contributed by atoms with van der Waals surface area (Å²) in [4.78, 5) is 27.6. The van der Waals surface area contributed by atoms with Crippen LogP contribution >= 0.6 is 11.3 Å². The van der Waals surface area contributed by atoms with E-state index in [0.29, 0.717) is 4.80 Å². The Morgan fingerprint density at radius 3 is 2.80 bits per heavy atom. The highest BCUT2D eigenvalue weighted by Crippen LogP contribution is 2.22. The van der Waals surface area contributed by atoms with Gasteiger partial charge in [0.05, 0.1) is 21.7 Å². The van der Waals surface area contributed by atoms with Crippen LogP contribution < -0.4 is 4.80 Å². The lowest BCUT2D eigenvalue weighted by atomic mass is 10.2. The van der Waals surface area contributed by atoms with E-state index in [1.54, 1.807) is 10.6 Å². The van der Waals surface area contributed by atoms with Crippen LogP contribution in [0.5, 0.6) is 0 Å². The molecule has 124 valence electrons. The summed E-state index contributed by atoms with van der Waals surface area (Å²) in [6.07, 6.45) is 5.45. The van der Waals surface area contributed by atoms with E-state index in [2.05, 4.69) is 10.9 Å². The average molecular weight is 351 g/mol. The maximum absolute atomic E-state index is 12.5. The first-order chi connectivity index (χ1) is 12.0. The van der Waals surface area contributed by atoms with Crippen molar-refractivity contribution in [1.82, 2.24) is 4.57 Å². The summed E-state index contributed by atoms with van der Waals surface area (Å²) in [5, 5.41) is 11.1. The third-order valence-corrected chi connectivity index (χ3v) is 4.72. The molecule has 2 aromatic carbocycles. The number of nitrogens with zero attached hydrogens (tertiary/aromatic N) is 3. The average Bonchev–Trinajstić information content (AvgIpc) is 2.94. The largest absolute Gasteiger partial charge is 0.304 e. The van der Waals surface area contributed by atoms with Crippen LogP contribution in [0.15, 0.2) is 47.5 Å². The monoisotopic (exact) mass is 351 g/mol. The van der Waals surface area contributed by atoms with Gasteiger partial charge in [0.1, 0.15) is 5.56 Å². The Morgan fingerprint density at radius 2 is 2.08 bits per heavy atom. The van der Waals surface area contributed by atoms with Gasteiger partial charge in [0, 0.05) is 6.07 Å². The number of rotatable bonds is 3. The Hall–Kier alpha value is -3.24. The molecule has 25 heavy (non-hydrogen) atoms. The molecule has 0 unspecified atom stereocenters. The standard InChI is InChI=1S/C18H13N3O3S/c1-3-11-20-16-12(2)7-6-10-15(16)25-18(20)19-17(22)13-8-4-5-9-14(13)21(23)24/h1,4-10H,11H2,2H3. The first-order valence-electron chi connectivity index (χ1n) is 7.38. The van der Waals surface area contributed by atoms with Crippen molar-refractivity contribution in [3.8, 4) is 12.3 Å². The van der Waals surface area contributed by atoms with Gasteiger partial charge in [-0.15, -0.1) is 6.42 Å². The number of carbonyl (C=O) groups excluding carboxylic acids is 1. The quantitative estimate of drug-likeness (QED) is 0.413. The van der Waals surface area contributed by atoms with Crippen LogP contribution in [0.4, 0.5) is 5.69 Å². The zero-order valence-electron chi connectivity index (χ0n) is 13.3. The molecule has 6 nitrogen and oxygen atoms in total. The minimum absolute atomic E-state index is 0.0473. The third kappa shape index (κ3) is 3.07. The summed E-state index contributed by atoms with van der Waals surface area (Å²) in [6, 6.07) is 11.6. The number of benzene rings is 2. The van der Waals surface area contributed by atoms with Crippen molar-refractivity contribution >= 4 is 33.1 Å². The second kappa shape index (κ2) is 6.71. The maximum atomic E-state index is 12.5. The van der Waals surface area contributed by atoms with E-state index in [0.717, 1.165) is 15.8 Å². The van der Waals surface area contributed by atoms with E-state index in [-0.39, 0.29) is 17.8 Å². The molecule has 0 fully saturated rings. The van der Waals surface area contributed by atoms with E-state index in [9.17, 15) is 14.9 Å². The normalized spacial score (nSPS) is 11.4. The highest BCUT2D eigenvalue weighted by atomic mass is 32.1. The van der Waals surface area contributed by atoms with Gasteiger partial charge in [0.2, 0.25) is 0 Å². The Kier molecular flexibility index (Phi) is 4.46. The molecule has 0 aliphatic carbocycles. The molecule has 0 spiro atoms. The molecule has 0 aliphatic heterocycles. The molecule has 1 amide bonds. The summed E-state index contributed by atoms with van der Waals surface area (Å²) >= 11 is 1.33. The highest BCUT2D eigenvalue weighted by Gasteiger charge is 2.19. The first-order valence-corrected chi connectivity index (χ1v) is 8.19. The number of terminal acetylenes is 1. The van der Waals surface area contributed by atoms with Crippen LogP contribution in [0.1, 0.15) is 15.9 Å². The molecule has 0 bridgehead atoms. The molecular weight excluding hydrogens is 338 g/mol.